The molecule has 0 aliphatic carbocycles. The molecule has 1 amide bonds. The number of halogens is 1. The fourth-order valence-corrected chi connectivity index (χ4v) is 1.75. The zero-order chi connectivity index (χ0) is 9.52. The normalized spacial score (nSPS) is 9.92. The third kappa shape index (κ3) is 3.79. The molecule has 1 aromatic rings. The van der Waals surface area contributed by atoms with Crippen LogP contribution in [0.5, 0.6) is 0 Å². The molecule has 0 saturated heterocycles. The van der Waals surface area contributed by atoms with E-state index in [0.717, 1.165) is 17.7 Å². The van der Waals surface area contributed by atoms with Gasteiger partial charge in [-0.2, -0.15) is 0 Å². The van der Waals surface area contributed by atoms with E-state index in [2.05, 4.69) is 5.32 Å². The summed E-state index contributed by atoms with van der Waals surface area (Å²) in [7, 11) is 0. The molecule has 0 atom stereocenters. The molecule has 0 aromatic carbocycles. The lowest BCUT2D eigenvalue weighted by Gasteiger charge is -2.01. The molecule has 0 spiro atoms. The van der Waals surface area contributed by atoms with E-state index in [4.69, 9.17) is 11.6 Å². The van der Waals surface area contributed by atoms with Gasteiger partial charge in [0.1, 0.15) is 0 Å². The first kappa shape index (κ1) is 10.5. The van der Waals surface area contributed by atoms with Crippen LogP contribution in [0, 0.1) is 0 Å². The molecule has 0 unspecified atom stereocenters. The van der Waals surface area contributed by atoms with Crippen LogP contribution in [-0.2, 0) is 0 Å². The van der Waals surface area contributed by atoms with Crippen molar-refractivity contribution < 1.29 is 4.79 Å². The van der Waals surface area contributed by atoms with E-state index in [0.29, 0.717) is 12.4 Å². The minimum Gasteiger partial charge on any atom is -0.351 e. The van der Waals surface area contributed by atoms with Crippen molar-refractivity contribution in [3.8, 4) is 0 Å². The number of rotatable bonds is 5. The molecule has 2 nitrogen and oxygen atoms in total. The van der Waals surface area contributed by atoms with Crippen molar-refractivity contribution in [2.75, 3.05) is 12.4 Å². The molecular formula is C9H12ClNOS. The van der Waals surface area contributed by atoms with Gasteiger partial charge in [-0.3, -0.25) is 4.79 Å². The Hall–Kier alpha value is -0.540. The van der Waals surface area contributed by atoms with E-state index < -0.39 is 0 Å². The average molecular weight is 218 g/mol. The Morgan fingerprint density at radius 1 is 1.54 bits per heavy atom. The zero-order valence-corrected chi connectivity index (χ0v) is 8.83. The second-order valence-corrected chi connectivity index (χ2v) is 3.95. The van der Waals surface area contributed by atoms with Crippen LogP contribution in [0.3, 0.4) is 0 Å². The summed E-state index contributed by atoms with van der Waals surface area (Å²) in [6.07, 6.45) is 1.90. The SMILES string of the molecule is O=C(NCCCCCl)c1cccs1. The van der Waals surface area contributed by atoms with Crippen molar-refractivity contribution in [1.29, 1.82) is 0 Å². The molecule has 1 N–H and O–H groups in total. The minimum atomic E-state index is 0.0181. The molecule has 1 aromatic heterocycles. The Bertz CT molecular complexity index is 248. The van der Waals surface area contributed by atoms with Crippen molar-refractivity contribution in [2.24, 2.45) is 0 Å². The highest BCUT2D eigenvalue weighted by Crippen LogP contribution is 2.07. The maximum absolute atomic E-state index is 11.3. The number of thiophene rings is 1. The van der Waals surface area contributed by atoms with Gasteiger partial charge in [-0.05, 0) is 24.3 Å². The first-order chi connectivity index (χ1) is 6.34. The molecule has 0 radical (unpaired) electrons. The number of hydrogen-bond acceptors (Lipinski definition) is 2. The molecular weight excluding hydrogens is 206 g/mol. The predicted octanol–water partition coefficient (Wildman–Crippen LogP) is 2.50. The van der Waals surface area contributed by atoms with Gasteiger partial charge in [0.05, 0.1) is 4.88 Å². The predicted molar refractivity (Wildman–Crippen MR) is 56.6 cm³/mol. The minimum absolute atomic E-state index is 0.0181. The van der Waals surface area contributed by atoms with E-state index in [1.165, 1.54) is 11.3 Å². The summed E-state index contributed by atoms with van der Waals surface area (Å²) in [4.78, 5) is 12.1. The van der Waals surface area contributed by atoms with Crippen molar-refractivity contribution in [1.82, 2.24) is 5.32 Å². The first-order valence-electron chi connectivity index (χ1n) is 4.22. The van der Waals surface area contributed by atoms with Gasteiger partial charge < -0.3 is 5.32 Å². The van der Waals surface area contributed by atoms with Gasteiger partial charge in [-0.1, -0.05) is 6.07 Å². The number of amides is 1. The first-order valence-corrected chi connectivity index (χ1v) is 5.63. The van der Waals surface area contributed by atoms with Crippen LogP contribution in [0.25, 0.3) is 0 Å². The highest BCUT2D eigenvalue weighted by Gasteiger charge is 2.03. The molecule has 72 valence electrons. The number of alkyl halides is 1. The Morgan fingerprint density at radius 2 is 2.38 bits per heavy atom. The second-order valence-electron chi connectivity index (χ2n) is 2.63. The van der Waals surface area contributed by atoms with Crippen LogP contribution in [-0.4, -0.2) is 18.3 Å². The van der Waals surface area contributed by atoms with Crippen LogP contribution in [0.1, 0.15) is 22.5 Å². The molecule has 0 fully saturated rings. The molecule has 0 bridgehead atoms. The van der Waals surface area contributed by atoms with Gasteiger partial charge in [0.15, 0.2) is 0 Å². The molecule has 1 rings (SSSR count). The molecule has 0 saturated carbocycles. The van der Waals surface area contributed by atoms with E-state index in [-0.39, 0.29) is 5.91 Å². The van der Waals surface area contributed by atoms with E-state index in [9.17, 15) is 4.79 Å². The van der Waals surface area contributed by atoms with Gasteiger partial charge in [-0.15, -0.1) is 22.9 Å². The van der Waals surface area contributed by atoms with Crippen molar-refractivity contribution in [3.05, 3.63) is 22.4 Å². The monoisotopic (exact) mass is 217 g/mol. The maximum Gasteiger partial charge on any atom is 0.261 e. The van der Waals surface area contributed by atoms with Crippen molar-refractivity contribution in [3.63, 3.8) is 0 Å². The van der Waals surface area contributed by atoms with Gasteiger partial charge in [0, 0.05) is 12.4 Å². The van der Waals surface area contributed by atoms with Gasteiger partial charge in [0.2, 0.25) is 0 Å². The summed E-state index contributed by atoms with van der Waals surface area (Å²) in [6.45, 7) is 0.712. The second kappa shape index (κ2) is 6.00. The van der Waals surface area contributed by atoms with Crippen LogP contribution >= 0.6 is 22.9 Å². The molecule has 0 aliphatic heterocycles. The molecule has 4 heteroatoms. The topological polar surface area (TPSA) is 29.1 Å². The largest absolute Gasteiger partial charge is 0.351 e. The van der Waals surface area contributed by atoms with Crippen LogP contribution < -0.4 is 5.32 Å². The molecule has 0 aliphatic rings. The maximum atomic E-state index is 11.3. The molecule has 13 heavy (non-hydrogen) atoms. The Balaban J connectivity index is 2.19. The fourth-order valence-electron chi connectivity index (χ4n) is 0.916. The summed E-state index contributed by atoms with van der Waals surface area (Å²) in [5, 5.41) is 4.73. The summed E-state index contributed by atoms with van der Waals surface area (Å²) >= 11 is 6.96. The lowest BCUT2D eigenvalue weighted by molar-refractivity contribution is 0.0957. The van der Waals surface area contributed by atoms with Crippen LogP contribution in [0.4, 0.5) is 0 Å². The van der Waals surface area contributed by atoms with E-state index in [1.54, 1.807) is 0 Å². The Morgan fingerprint density at radius 3 is 3.00 bits per heavy atom. The van der Waals surface area contributed by atoms with E-state index in [1.807, 2.05) is 17.5 Å². The van der Waals surface area contributed by atoms with Gasteiger partial charge >= 0.3 is 0 Å². The smallest absolute Gasteiger partial charge is 0.261 e. The third-order valence-corrected chi connectivity index (χ3v) is 2.73. The highest BCUT2D eigenvalue weighted by molar-refractivity contribution is 7.12. The van der Waals surface area contributed by atoms with Crippen LogP contribution in [0.15, 0.2) is 17.5 Å². The average Bonchev–Trinajstić information content (AvgIpc) is 2.65. The standard InChI is InChI=1S/C9H12ClNOS/c10-5-1-2-6-11-9(12)8-4-3-7-13-8/h3-4,7H,1-2,5-6H2,(H,11,12). The van der Waals surface area contributed by atoms with Crippen molar-refractivity contribution >= 4 is 28.8 Å². The summed E-state index contributed by atoms with van der Waals surface area (Å²) in [5.74, 6) is 0.680. The molecule has 1 heterocycles. The van der Waals surface area contributed by atoms with Gasteiger partial charge in [0.25, 0.3) is 5.91 Å². The third-order valence-electron chi connectivity index (χ3n) is 1.59. The quantitative estimate of drug-likeness (QED) is 0.596. The highest BCUT2D eigenvalue weighted by atomic mass is 35.5. The number of unbranched alkanes of at least 4 members (excludes halogenated alkanes) is 1. The fraction of sp³-hybridized carbons (Fsp3) is 0.444. The van der Waals surface area contributed by atoms with E-state index >= 15 is 0 Å². The number of hydrogen-bond donors (Lipinski definition) is 1. The summed E-state index contributed by atoms with van der Waals surface area (Å²) in [5.41, 5.74) is 0. The Kier molecular flexibility index (Phi) is 4.86. The van der Waals surface area contributed by atoms with Gasteiger partial charge in [-0.25, -0.2) is 0 Å². The lowest BCUT2D eigenvalue weighted by atomic mass is 10.3. The summed E-state index contributed by atoms with van der Waals surface area (Å²) < 4.78 is 0. The van der Waals surface area contributed by atoms with Crippen LogP contribution in [0.2, 0.25) is 0 Å². The number of carbonyl (C=O) groups is 1. The van der Waals surface area contributed by atoms with Crippen molar-refractivity contribution in [2.45, 2.75) is 12.8 Å². The number of nitrogens with one attached hydrogen (secondary N) is 1. The zero-order valence-electron chi connectivity index (χ0n) is 7.25. The lowest BCUT2D eigenvalue weighted by Crippen LogP contribution is -2.23. The summed E-state index contributed by atoms with van der Waals surface area (Å²) in [6, 6.07) is 3.69. The Labute approximate surface area is 86.9 Å². The number of carbonyl (C=O) groups excluding carboxylic acids is 1.